The van der Waals surface area contributed by atoms with Crippen LogP contribution in [0.2, 0.25) is 0 Å². The van der Waals surface area contributed by atoms with Gasteiger partial charge in [-0.2, -0.15) is 0 Å². The predicted molar refractivity (Wildman–Crippen MR) is 151 cm³/mol. The average Bonchev–Trinajstić information content (AvgIpc) is 3.55. The molecule has 0 atom stereocenters. The highest BCUT2D eigenvalue weighted by Gasteiger charge is 2.27. The number of nitrogens with one attached hydrogen (secondary N) is 1. The maximum atomic E-state index is 13.0. The van der Waals surface area contributed by atoms with Crippen molar-refractivity contribution in [3.8, 4) is 5.88 Å². The van der Waals surface area contributed by atoms with Crippen LogP contribution in [0.3, 0.4) is 0 Å². The summed E-state index contributed by atoms with van der Waals surface area (Å²) < 4.78 is 2.17. The van der Waals surface area contributed by atoms with Gasteiger partial charge in [-0.05, 0) is 56.5 Å². The van der Waals surface area contributed by atoms with Gasteiger partial charge in [0, 0.05) is 50.4 Å². The summed E-state index contributed by atoms with van der Waals surface area (Å²) in [6, 6.07) is 7.98. The molecule has 196 valence electrons. The van der Waals surface area contributed by atoms with Gasteiger partial charge >= 0.3 is 0 Å². The van der Waals surface area contributed by atoms with Crippen LogP contribution in [0.15, 0.2) is 35.0 Å². The van der Waals surface area contributed by atoms with Gasteiger partial charge in [0.1, 0.15) is 5.69 Å². The zero-order chi connectivity index (χ0) is 25.8. The predicted octanol–water partition coefficient (Wildman–Crippen LogP) is 5.48. The Hall–Kier alpha value is -2.76. The van der Waals surface area contributed by atoms with Crippen molar-refractivity contribution in [2.24, 2.45) is 0 Å². The van der Waals surface area contributed by atoms with Crippen LogP contribution in [-0.2, 0) is 11.3 Å². The maximum absolute atomic E-state index is 13.0. The van der Waals surface area contributed by atoms with Crippen LogP contribution < -0.4 is 10.2 Å². The number of hydrogen-bond acceptors (Lipinski definition) is 8. The summed E-state index contributed by atoms with van der Waals surface area (Å²) in [5, 5.41) is 17.3. The van der Waals surface area contributed by atoms with Crippen molar-refractivity contribution < 1.29 is 14.7 Å². The van der Waals surface area contributed by atoms with Crippen LogP contribution >= 0.6 is 34.9 Å². The standard InChI is InChI=1S/C26H31N5O3S3/c32-22(10-15-31-23(33)17-37-26(31)35)30-13-8-18(9-14-30)25-28-20(16-36-25)24(34)27-19-6-2-3-7-21(19)29-11-4-1-5-12-29/h2-3,6-7,16-18,33H,1,4-5,8-15H2,(H,27,34). The molecule has 5 rings (SSSR count). The quantitative estimate of drug-likeness (QED) is 0.374. The molecule has 0 bridgehead atoms. The van der Waals surface area contributed by atoms with Crippen LogP contribution in [0.4, 0.5) is 11.4 Å². The molecule has 4 heterocycles. The number of thiazole rings is 2. The summed E-state index contributed by atoms with van der Waals surface area (Å²) in [5.41, 5.74) is 2.34. The number of piperidine rings is 2. The van der Waals surface area contributed by atoms with E-state index in [4.69, 9.17) is 12.2 Å². The Balaban J connectivity index is 1.15. The first-order chi connectivity index (χ1) is 18.0. The zero-order valence-corrected chi connectivity index (χ0v) is 23.0. The minimum Gasteiger partial charge on any atom is -0.494 e. The molecule has 2 aliphatic rings. The molecular weight excluding hydrogens is 527 g/mol. The van der Waals surface area contributed by atoms with Gasteiger partial charge in [0.15, 0.2) is 3.95 Å². The normalized spacial score (nSPS) is 16.6. The second kappa shape index (κ2) is 11.7. The molecule has 37 heavy (non-hydrogen) atoms. The summed E-state index contributed by atoms with van der Waals surface area (Å²) in [7, 11) is 0. The van der Waals surface area contributed by atoms with Crippen molar-refractivity contribution in [2.45, 2.75) is 51.0 Å². The molecule has 0 radical (unpaired) electrons. The lowest BCUT2D eigenvalue weighted by molar-refractivity contribution is -0.132. The third-order valence-corrected chi connectivity index (χ3v) is 9.38. The fraction of sp³-hybridized carbons (Fsp3) is 0.462. The van der Waals surface area contributed by atoms with Crippen molar-refractivity contribution in [3.05, 3.63) is 49.7 Å². The highest BCUT2D eigenvalue weighted by Crippen LogP contribution is 2.32. The SMILES string of the molecule is O=C(Nc1ccccc1N1CCCCC1)c1csc(C2CCN(C(=O)CCn3c(O)csc3=S)CC2)n1. The van der Waals surface area contributed by atoms with E-state index in [0.29, 0.717) is 35.7 Å². The van der Waals surface area contributed by atoms with Crippen LogP contribution in [-0.4, -0.2) is 57.6 Å². The molecular formula is C26H31N5O3S3. The minimum atomic E-state index is -0.185. The molecule has 11 heteroatoms. The Morgan fingerprint density at radius 3 is 2.54 bits per heavy atom. The van der Waals surface area contributed by atoms with E-state index < -0.39 is 0 Å². The van der Waals surface area contributed by atoms with Gasteiger partial charge in [-0.25, -0.2) is 4.98 Å². The number of hydrogen-bond donors (Lipinski definition) is 2. The molecule has 8 nitrogen and oxygen atoms in total. The van der Waals surface area contributed by atoms with E-state index in [0.717, 1.165) is 42.3 Å². The zero-order valence-electron chi connectivity index (χ0n) is 20.6. The molecule has 2 saturated heterocycles. The van der Waals surface area contributed by atoms with Crippen molar-refractivity contribution in [1.29, 1.82) is 0 Å². The van der Waals surface area contributed by atoms with Gasteiger partial charge in [0.25, 0.3) is 5.91 Å². The number of carbonyl (C=O) groups is 2. The molecule has 2 N–H and O–H groups in total. The lowest BCUT2D eigenvalue weighted by Crippen LogP contribution is -2.38. The third kappa shape index (κ3) is 6.05. The molecule has 2 amide bonds. The van der Waals surface area contributed by atoms with Crippen LogP contribution in [0.1, 0.15) is 59.9 Å². The Morgan fingerprint density at radius 2 is 1.81 bits per heavy atom. The van der Waals surface area contributed by atoms with Gasteiger partial charge < -0.3 is 20.2 Å². The number of aromatic nitrogens is 2. The molecule has 2 fully saturated rings. The van der Waals surface area contributed by atoms with Gasteiger partial charge in [-0.1, -0.05) is 12.1 Å². The molecule has 0 unspecified atom stereocenters. The maximum Gasteiger partial charge on any atom is 0.275 e. The van der Waals surface area contributed by atoms with Crippen LogP contribution in [0, 0.1) is 3.95 Å². The topological polar surface area (TPSA) is 90.7 Å². The molecule has 0 saturated carbocycles. The number of nitrogens with zero attached hydrogens (tertiary/aromatic N) is 4. The number of likely N-dealkylation sites (tertiary alicyclic amines) is 1. The smallest absolute Gasteiger partial charge is 0.275 e. The van der Waals surface area contributed by atoms with Crippen molar-refractivity contribution in [2.75, 3.05) is 36.4 Å². The minimum absolute atomic E-state index is 0.0672. The van der Waals surface area contributed by atoms with Crippen molar-refractivity contribution >= 4 is 58.1 Å². The Bertz CT molecular complexity index is 1300. The van der Waals surface area contributed by atoms with Crippen molar-refractivity contribution in [3.63, 3.8) is 0 Å². The fourth-order valence-corrected chi connectivity index (χ4v) is 6.97. The highest BCUT2D eigenvalue weighted by molar-refractivity contribution is 7.73. The molecule has 0 spiro atoms. The monoisotopic (exact) mass is 557 g/mol. The van der Waals surface area contributed by atoms with Crippen LogP contribution in [0.25, 0.3) is 0 Å². The van der Waals surface area contributed by atoms with E-state index in [9.17, 15) is 14.7 Å². The Kier molecular flexibility index (Phi) is 8.21. The number of anilines is 2. The lowest BCUT2D eigenvalue weighted by Gasteiger charge is -2.31. The molecule has 2 aromatic heterocycles. The Morgan fingerprint density at radius 1 is 1.05 bits per heavy atom. The number of amides is 2. The Labute approximate surface area is 229 Å². The van der Waals surface area contributed by atoms with Gasteiger partial charge in [-0.15, -0.1) is 22.7 Å². The first-order valence-corrected chi connectivity index (χ1v) is 14.9. The summed E-state index contributed by atoms with van der Waals surface area (Å²) in [6.07, 6.45) is 5.56. The van der Waals surface area contributed by atoms with E-state index in [1.807, 2.05) is 28.5 Å². The van der Waals surface area contributed by atoms with Gasteiger partial charge in [-0.3, -0.25) is 14.2 Å². The average molecular weight is 558 g/mol. The number of benzene rings is 1. The van der Waals surface area contributed by atoms with E-state index in [-0.39, 0.29) is 23.6 Å². The summed E-state index contributed by atoms with van der Waals surface area (Å²) in [5.74, 6) is 0.235. The van der Waals surface area contributed by atoms with E-state index in [2.05, 4.69) is 21.3 Å². The van der Waals surface area contributed by atoms with Gasteiger partial charge in [0.05, 0.1) is 21.8 Å². The summed E-state index contributed by atoms with van der Waals surface area (Å²) >= 11 is 8.02. The summed E-state index contributed by atoms with van der Waals surface area (Å²) in [6.45, 7) is 3.74. The van der Waals surface area contributed by atoms with E-state index in [1.54, 1.807) is 9.95 Å². The fourth-order valence-electron chi connectivity index (χ4n) is 5.03. The van der Waals surface area contributed by atoms with E-state index in [1.165, 1.54) is 41.9 Å². The summed E-state index contributed by atoms with van der Waals surface area (Å²) in [4.78, 5) is 34.6. The first-order valence-electron chi connectivity index (χ1n) is 12.8. The number of rotatable bonds is 7. The number of carbonyl (C=O) groups excluding carboxylic acids is 2. The molecule has 1 aromatic carbocycles. The first kappa shape index (κ1) is 25.9. The third-order valence-electron chi connectivity index (χ3n) is 7.11. The molecule has 2 aliphatic heterocycles. The largest absolute Gasteiger partial charge is 0.494 e. The van der Waals surface area contributed by atoms with Crippen molar-refractivity contribution in [1.82, 2.24) is 14.5 Å². The lowest BCUT2D eigenvalue weighted by atomic mass is 9.97. The second-order valence-corrected chi connectivity index (χ2v) is 11.9. The highest BCUT2D eigenvalue weighted by atomic mass is 32.1. The molecule has 0 aliphatic carbocycles. The second-order valence-electron chi connectivity index (χ2n) is 9.51. The van der Waals surface area contributed by atoms with Crippen LogP contribution in [0.5, 0.6) is 5.88 Å². The van der Waals surface area contributed by atoms with E-state index >= 15 is 0 Å². The molecule has 3 aromatic rings. The number of para-hydroxylation sites is 2. The van der Waals surface area contributed by atoms with Gasteiger partial charge in [0.2, 0.25) is 11.8 Å². The number of aromatic hydroxyl groups is 1.